The maximum atomic E-state index is 14.8. The van der Waals surface area contributed by atoms with Crippen molar-refractivity contribution in [3.8, 4) is 0 Å². The van der Waals surface area contributed by atoms with Crippen molar-refractivity contribution in [3.05, 3.63) is 35.3 Å². The summed E-state index contributed by atoms with van der Waals surface area (Å²) in [5.74, 6) is -7.66. The standard InChI is InChI=1S/C20H22F4N4OS/c1-11-16(18(29)26-14-5-6-25-15(7-14)30-2)28(10-12-8-19(21,22)9-12)27-17(11)20(23,24)13-3-4-13/h5-7,12-13H,3-4,8-10H2,1-2H3,(H,25,26,29). The maximum absolute atomic E-state index is 14.8. The summed E-state index contributed by atoms with van der Waals surface area (Å²) in [6, 6.07) is 3.27. The van der Waals surface area contributed by atoms with E-state index in [1.807, 2.05) is 6.26 Å². The minimum atomic E-state index is -3.14. The summed E-state index contributed by atoms with van der Waals surface area (Å²) in [5, 5.41) is 7.45. The molecule has 0 saturated heterocycles. The van der Waals surface area contributed by atoms with Crippen molar-refractivity contribution < 1.29 is 22.4 Å². The molecule has 162 valence electrons. The largest absolute Gasteiger partial charge is 0.321 e. The van der Waals surface area contributed by atoms with Crippen LogP contribution in [0.4, 0.5) is 23.2 Å². The number of amides is 1. The predicted octanol–water partition coefficient (Wildman–Crippen LogP) is 5.11. The van der Waals surface area contributed by atoms with Gasteiger partial charge in [-0.2, -0.15) is 13.9 Å². The van der Waals surface area contributed by atoms with Crippen molar-refractivity contribution in [2.24, 2.45) is 11.8 Å². The molecule has 2 fully saturated rings. The highest BCUT2D eigenvalue weighted by molar-refractivity contribution is 7.98. The molecule has 0 atom stereocenters. The van der Waals surface area contributed by atoms with E-state index in [2.05, 4.69) is 15.4 Å². The lowest BCUT2D eigenvalue weighted by atomic mass is 9.81. The fourth-order valence-electron chi connectivity index (χ4n) is 3.87. The van der Waals surface area contributed by atoms with Crippen LogP contribution >= 0.6 is 11.8 Å². The molecule has 0 unspecified atom stereocenters. The van der Waals surface area contributed by atoms with E-state index in [0.29, 0.717) is 23.6 Å². The van der Waals surface area contributed by atoms with Gasteiger partial charge in [0.25, 0.3) is 11.8 Å². The van der Waals surface area contributed by atoms with Gasteiger partial charge in [0.2, 0.25) is 5.92 Å². The zero-order chi connectivity index (χ0) is 21.7. The molecule has 1 N–H and O–H groups in total. The lowest BCUT2D eigenvalue weighted by molar-refractivity contribution is -0.115. The van der Waals surface area contributed by atoms with Crippen LogP contribution in [0.5, 0.6) is 0 Å². The fraction of sp³-hybridized carbons (Fsp3) is 0.550. The number of pyridine rings is 1. The summed E-state index contributed by atoms with van der Waals surface area (Å²) >= 11 is 1.40. The molecule has 1 amide bonds. The van der Waals surface area contributed by atoms with Gasteiger partial charge in [-0.3, -0.25) is 9.48 Å². The zero-order valence-corrected chi connectivity index (χ0v) is 17.4. The first-order valence-corrected chi connectivity index (χ1v) is 11.0. The number of nitrogens with one attached hydrogen (secondary N) is 1. The van der Waals surface area contributed by atoms with Crippen LogP contribution in [-0.2, 0) is 12.5 Å². The first-order valence-electron chi connectivity index (χ1n) is 9.75. The van der Waals surface area contributed by atoms with Crippen LogP contribution in [0, 0.1) is 18.8 Å². The molecule has 2 heterocycles. The first kappa shape index (κ1) is 21.1. The monoisotopic (exact) mass is 442 g/mol. The van der Waals surface area contributed by atoms with Crippen LogP contribution in [0.2, 0.25) is 0 Å². The Morgan fingerprint density at radius 2 is 2.07 bits per heavy atom. The number of nitrogens with zero attached hydrogens (tertiary/aromatic N) is 3. The van der Waals surface area contributed by atoms with Gasteiger partial charge in [-0.25, -0.2) is 13.8 Å². The van der Waals surface area contributed by atoms with Gasteiger partial charge in [-0.05, 0) is 44.1 Å². The number of hydrogen-bond acceptors (Lipinski definition) is 4. The minimum Gasteiger partial charge on any atom is -0.321 e. The van der Waals surface area contributed by atoms with E-state index in [0.717, 1.165) is 0 Å². The van der Waals surface area contributed by atoms with Crippen LogP contribution < -0.4 is 5.32 Å². The number of carbonyl (C=O) groups is 1. The second-order valence-electron chi connectivity index (χ2n) is 8.07. The van der Waals surface area contributed by atoms with E-state index in [1.54, 1.807) is 12.1 Å². The third kappa shape index (κ3) is 4.06. The van der Waals surface area contributed by atoms with Gasteiger partial charge in [-0.1, -0.05) is 0 Å². The second-order valence-corrected chi connectivity index (χ2v) is 8.90. The molecule has 0 aliphatic heterocycles. The molecule has 0 aromatic carbocycles. The summed E-state index contributed by atoms with van der Waals surface area (Å²) in [6.07, 6.45) is 3.53. The van der Waals surface area contributed by atoms with Crippen LogP contribution in [0.15, 0.2) is 23.4 Å². The SMILES string of the molecule is CSc1cc(NC(=O)c2c(C)c(C(F)(F)C3CC3)nn2CC2CC(F)(F)C2)ccn1. The zero-order valence-electron chi connectivity index (χ0n) is 16.6. The van der Waals surface area contributed by atoms with Crippen molar-refractivity contribution in [1.29, 1.82) is 0 Å². The smallest absolute Gasteiger partial charge is 0.294 e. The molecule has 0 spiro atoms. The summed E-state index contributed by atoms with van der Waals surface area (Å²) < 4.78 is 57.3. The Morgan fingerprint density at radius 1 is 1.37 bits per heavy atom. The molecule has 2 aromatic rings. The number of aromatic nitrogens is 3. The molecule has 2 aromatic heterocycles. The molecule has 0 radical (unpaired) electrons. The van der Waals surface area contributed by atoms with E-state index < -0.39 is 35.3 Å². The number of alkyl halides is 4. The first-order chi connectivity index (χ1) is 14.1. The van der Waals surface area contributed by atoms with E-state index >= 15 is 0 Å². The highest BCUT2D eigenvalue weighted by atomic mass is 32.2. The number of carbonyl (C=O) groups excluding carboxylic acids is 1. The van der Waals surface area contributed by atoms with Crippen molar-refractivity contribution in [2.45, 2.75) is 56.0 Å². The topological polar surface area (TPSA) is 59.8 Å². The van der Waals surface area contributed by atoms with E-state index in [9.17, 15) is 22.4 Å². The molecule has 5 nitrogen and oxygen atoms in total. The Morgan fingerprint density at radius 3 is 2.67 bits per heavy atom. The van der Waals surface area contributed by atoms with E-state index in [-0.39, 0.29) is 30.6 Å². The van der Waals surface area contributed by atoms with Crippen LogP contribution in [0.25, 0.3) is 0 Å². The normalized spacial score (nSPS) is 18.9. The van der Waals surface area contributed by atoms with Gasteiger partial charge in [0, 0.05) is 42.8 Å². The van der Waals surface area contributed by atoms with Crippen molar-refractivity contribution in [3.63, 3.8) is 0 Å². The van der Waals surface area contributed by atoms with Crippen LogP contribution in [0.1, 0.15) is 47.4 Å². The molecule has 10 heteroatoms. The average Bonchev–Trinajstić information content (AvgIpc) is 3.45. The Labute approximate surface area is 175 Å². The van der Waals surface area contributed by atoms with Crippen molar-refractivity contribution in [2.75, 3.05) is 11.6 Å². The highest BCUT2D eigenvalue weighted by Crippen LogP contribution is 2.50. The van der Waals surface area contributed by atoms with E-state index in [1.165, 1.54) is 29.6 Å². The highest BCUT2D eigenvalue weighted by Gasteiger charge is 2.52. The van der Waals surface area contributed by atoms with Gasteiger partial charge in [-0.15, -0.1) is 11.8 Å². The Bertz CT molecular complexity index is 966. The van der Waals surface area contributed by atoms with Crippen molar-refractivity contribution >= 4 is 23.4 Å². The lowest BCUT2D eigenvalue weighted by Crippen LogP contribution is -2.38. The molecular formula is C20H22F4N4OS. The summed E-state index contributed by atoms with van der Waals surface area (Å²) in [7, 11) is 0. The van der Waals surface area contributed by atoms with Gasteiger partial charge in [0.05, 0.1) is 5.03 Å². The second kappa shape index (κ2) is 7.55. The number of anilines is 1. The predicted molar refractivity (Wildman–Crippen MR) is 105 cm³/mol. The number of hydrogen-bond donors (Lipinski definition) is 1. The summed E-state index contributed by atoms with van der Waals surface area (Å²) in [5.41, 5.74) is 0.121. The average molecular weight is 442 g/mol. The molecule has 4 rings (SSSR count). The Balaban J connectivity index is 1.65. The number of rotatable bonds is 7. The number of halogens is 4. The molecule has 2 saturated carbocycles. The van der Waals surface area contributed by atoms with Crippen molar-refractivity contribution in [1.82, 2.24) is 14.8 Å². The van der Waals surface area contributed by atoms with Crippen LogP contribution in [-0.4, -0.2) is 32.8 Å². The van der Waals surface area contributed by atoms with Gasteiger partial charge in [0.1, 0.15) is 11.4 Å². The van der Waals surface area contributed by atoms with Gasteiger partial charge >= 0.3 is 0 Å². The minimum absolute atomic E-state index is 0.00629. The molecular weight excluding hydrogens is 420 g/mol. The number of thioether (sulfide) groups is 1. The third-order valence-electron chi connectivity index (χ3n) is 5.62. The van der Waals surface area contributed by atoms with Gasteiger partial charge in [0.15, 0.2) is 0 Å². The molecule has 30 heavy (non-hydrogen) atoms. The lowest BCUT2D eigenvalue weighted by Gasteiger charge is -2.35. The third-order valence-corrected chi connectivity index (χ3v) is 6.26. The van der Waals surface area contributed by atoms with E-state index in [4.69, 9.17) is 0 Å². The van der Waals surface area contributed by atoms with Gasteiger partial charge < -0.3 is 5.32 Å². The van der Waals surface area contributed by atoms with Crippen LogP contribution in [0.3, 0.4) is 0 Å². The fourth-order valence-corrected chi connectivity index (χ4v) is 4.29. The molecule has 0 bridgehead atoms. The molecule has 2 aliphatic rings. The summed E-state index contributed by atoms with van der Waals surface area (Å²) in [6.45, 7) is 1.45. The Hall–Kier alpha value is -2.10. The Kier molecular flexibility index (Phi) is 5.32. The maximum Gasteiger partial charge on any atom is 0.294 e. The molecule has 2 aliphatic carbocycles. The quantitative estimate of drug-likeness (QED) is 0.478. The summed E-state index contributed by atoms with van der Waals surface area (Å²) in [4.78, 5) is 17.1.